The van der Waals surface area contributed by atoms with Gasteiger partial charge in [-0.2, -0.15) is 0 Å². The van der Waals surface area contributed by atoms with Gasteiger partial charge in [0.25, 0.3) is 0 Å². The topological polar surface area (TPSA) is 114 Å². The Bertz CT molecular complexity index is 681. The van der Waals surface area contributed by atoms with E-state index in [0.29, 0.717) is 11.5 Å². The molecule has 1 atom stereocenters. The number of aromatic nitrogens is 3. The van der Waals surface area contributed by atoms with Crippen LogP contribution in [0.1, 0.15) is 13.8 Å². The van der Waals surface area contributed by atoms with Crippen molar-refractivity contribution in [1.82, 2.24) is 19.9 Å². The van der Waals surface area contributed by atoms with Crippen molar-refractivity contribution in [2.45, 2.75) is 19.9 Å². The summed E-state index contributed by atoms with van der Waals surface area (Å²) in [5.41, 5.74) is 0.369. The van der Waals surface area contributed by atoms with E-state index < -0.39 is 11.0 Å². The lowest BCUT2D eigenvalue weighted by molar-refractivity contribution is -0.391. The first-order valence-electron chi connectivity index (χ1n) is 6.41. The molecule has 0 radical (unpaired) electrons. The molecular weight excluding hydrogens is 276 g/mol. The summed E-state index contributed by atoms with van der Waals surface area (Å²) in [7, 11) is 1.55. The summed E-state index contributed by atoms with van der Waals surface area (Å²) >= 11 is 0. The molecule has 21 heavy (non-hydrogen) atoms. The first kappa shape index (κ1) is 14.7. The van der Waals surface area contributed by atoms with E-state index in [0.717, 1.165) is 10.7 Å². The van der Waals surface area contributed by atoms with Crippen molar-refractivity contribution < 1.29 is 9.72 Å². The van der Waals surface area contributed by atoms with E-state index in [2.05, 4.69) is 20.7 Å². The second-order valence-corrected chi connectivity index (χ2v) is 4.84. The number of amides is 1. The minimum Gasteiger partial charge on any atom is -0.358 e. The van der Waals surface area contributed by atoms with Crippen LogP contribution in [-0.4, -0.2) is 38.5 Å². The summed E-state index contributed by atoms with van der Waals surface area (Å²) in [6.45, 7) is 3.79. The Balaban J connectivity index is 2.35. The zero-order chi connectivity index (χ0) is 15.6. The number of carbonyl (C=O) groups excluding carboxylic acids is 1. The lowest BCUT2D eigenvalue weighted by Crippen LogP contribution is -2.41. The van der Waals surface area contributed by atoms with Crippen LogP contribution in [0.25, 0.3) is 5.65 Å². The Morgan fingerprint density at radius 1 is 1.43 bits per heavy atom. The van der Waals surface area contributed by atoms with Crippen molar-refractivity contribution in [3.05, 3.63) is 28.4 Å². The van der Waals surface area contributed by atoms with Gasteiger partial charge in [-0.3, -0.25) is 4.79 Å². The van der Waals surface area contributed by atoms with E-state index in [1.807, 2.05) is 13.8 Å². The summed E-state index contributed by atoms with van der Waals surface area (Å²) < 4.78 is 1.13. The number of carbonyl (C=O) groups is 1. The summed E-state index contributed by atoms with van der Waals surface area (Å²) in [5, 5.41) is 20.6. The average Bonchev–Trinajstić information content (AvgIpc) is 2.86. The molecule has 9 heteroatoms. The smallest absolute Gasteiger partial charge is 0.358 e. The van der Waals surface area contributed by atoms with E-state index in [-0.39, 0.29) is 17.6 Å². The predicted octanol–water partition coefficient (Wildman–Crippen LogP) is 0.820. The van der Waals surface area contributed by atoms with Crippen LogP contribution in [-0.2, 0) is 4.79 Å². The van der Waals surface area contributed by atoms with Gasteiger partial charge >= 0.3 is 5.82 Å². The molecule has 0 saturated heterocycles. The van der Waals surface area contributed by atoms with Crippen molar-refractivity contribution >= 4 is 23.2 Å². The Morgan fingerprint density at radius 2 is 2.14 bits per heavy atom. The van der Waals surface area contributed by atoms with Crippen molar-refractivity contribution in [1.29, 1.82) is 0 Å². The molecule has 0 aliphatic rings. The van der Waals surface area contributed by atoms with Crippen LogP contribution in [0.15, 0.2) is 18.3 Å². The molecule has 0 aromatic carbocycles. The molecule has 1 amide bonds. The maximum absolute atomic E-state index is 11.8. The standard InChI is InChI=1S/C12H16N6O3/c1-7(2)11(12(19)13-3)15-8-4-5-9-14-6-10(18(20)21)17(9)16-8/h4-7,11H,1-3H3,(H,13,19)(H,15,16). The highest BCUT2D eigenvalue weighted by molar-refractivity contribution is 5.84. The van der Waals surface area contributed by atoms with E-state index in [4.69, 9.17) is 0 Å². The van der Waals surface area contributed by atoms with Gasteiger partial charge in [0.15, 0.2) is 5.82 Å². The van der Waals surface area contributed by atoms with Gasteiger partial charge < -0.3 is 20.7 Å². The molecule has 1 unspecified atom stereocenters. The molecule has 0 fully saturated rings. The molecular formula is C12H16N6O3. The fraction of sp³-hybridized carbons (Fsp3) is 0.417. The number of rotatable bonds is 5. The Morgan fingerprint density at radius 3 is 2.71 bits per heavy atom. The molecule has 0 aliphatic heterocycles. The van der Waals surface area contributed by atoms with Crippen LogP contribution < -0.4 is 10.6 Å². The molecule has 9 nitrogen and oxygen atoms in total. The number of anilines is 1. The highest BCUT2D eigenvalue weighted by Gasteiger charge is 2.23. The molecule has 2 aromatic heterocycles. The first-order chi connectivity index (χ1) is 9.93. The van der Waals surface area contributed by atoms with Gasteiger partial charge in [0.2, 0.25) is 11.6 Å². The summed E-state index contributed by atoms with van der Waals surface area (Å²) in [6, 6.07) is 2.75. The number of hydrogen-bond donors (Lipinski definition) is 2. The minimum atomic E-state index is -0.560. The lowest BCUT2D eigenvalue weighted by atomic mass is 10.0. The molecule has 112 valence electrons. The number of imidazole rings is 1. The normalized spacial score (nSPS) is 12.4. The van der Waals surface area contributed by atoms with Crippen molar-refractivity contribution in [3.8, 4) is 0 Å². The van der Waals surface area contributed by atoms with Crippen LogP contribution in [0.2, 0.25) is 0 Å². The van der Waals surface area contributed by atoms with E-state index >= 15 is 0 Å². The third-order valence-electron chi connectivity index (χ3n) is 3.03. The molecule has 0 spiro atoms. The summed E-state index contributed by atoms with van der Waals surface area (Å²) in [5.74, 6) is -0.00663. The third kappa shape index (κ3) is 2.91. The van der Waals surface area contributed by atoms with Gasteiger partial charge in [-0.1, -0.05) is 23.5 Å². The maximum Gasteiger partial charge on any atom is 0.368 e. The van der Waals surface area contributed by atoms with Gasteiger partial charge in [0, 0.05) is 13.1 Å². The fourth-order valence-electron chi connectivity index (χ4n) is 1.91. The van der Waals surface area contributed by atoms with Crippen molar-refractivity contribution in [3.63, 3.8) is 0 Å². The highest BCUT2D eigenvalue weighted by Crippen LogP contribution is 2.16. The molecule has 0 saturated carbocycles. The summed E-state index contributed by atoms with van der Waals surface area (Å²) in [6.07, 6.45) is 1.14. The number of nitrogens with zero attached hydrogens (tertiary/aromatic N) is 4. The van der Waals surface area contributed by atoms with Crippen LogP contribution >= 0.6 is 0 Å². The molecule has 2 heterocycles. The monoisotopic (exact) mass is 292 g/mol. The second kappa shape index (κ2) is 5.73. The predicted molar refractivity (Wildman–Crippen MR) is 76.0 cm³/mol. The van der Waals surface area contributed by atoms with Gasteiger partial charge in [0.05, 0.1) is 0 Å². The first-order valence-corrected chi connectivity index (χ1v) is 6.41. The molecule has 2 aromatic rings. The fourth-order valence-corrected chi connectivity index (χ4v) is 1.91. The van der Waals surface area contributed by atoms with Crippen LogP contribution in [0.5, 0.6) is 0 Å². The number of fused-ring (bicyclic) bond motifs is 1. The average molecular weight is 292 g/mol. The molecule has 0 aliphatic carbocycles. The van der Waals surface area contributed by atoms with Gasteiger partial charge in [-0.15, -0.1) is 0 Å². The Kier molecular flexibility index (Phi) is 4.01. The van der Waals surface area contributed by atoms with Gasteiger partial charge in [-0.25, -0.2) is 4.98 Å². The second-order valence-electron chi connectivity index (χ2n) is 4.84. The number of hydrogen-bond acceptors (Lipinski definition) is 6. The number of likely N-dealkylation sites (N-methyl/N-ethyl adjacent to an activating group) is 1. The zero-order valence-corrected chi connectivity index (χ0v) is 11.9. The number of nitro groups is 1. The molecule has 2 N–H and O–H groups in total. The van der Waals surface area contributed by atoms with Gasteiger partial charge in [-0.05, 0) is 16.9 Å². The van der Waals surface area contributed by atoms with Crippen molar-refractivity contribution in [2.75, 3.05) is 12.4 Å². The van der Waals surface area contributed by atoms with Crippen LogP contribution in [0.3, 0.4) is 0 Å². The largest absolute Gasteiger partial charge is 0.368 e. The minimum absolute atomic E-state index is 0.0280. The Labute approximate surface area is 120 Å². The van der Waals surface area contributed by atoms with E-state index in [1.165, 1.54) is 0 Å². The summed E-state index contributed by atoms with van der Waals surface area (Å²) in [4.78, 5) is 26.0. The molecule has 0 bridgehead atoms. The Hall–Kier alpha value is -2.71. The van der Waals surface area contributed by atoms with Crippen LogP contribution in [0, 0.1) is 16.0 Å². The SMILES string of the molecule is CNC(=O)C(Nc1ccc2ncc([N+](=O)[O-])n2n1)C(C)C. The number of nitrogens with one attached hydrogen (secondary N) is 2. The maximum atomic E-state index is 11.8. The quantitative estimate of drug-likeness (QED) is 0.623. The lowest BCUT2D eigenvalue weighted by Gasteiger charge is -2.20. The van der Waals surface area contributed by atoms with Gasteiger partial charge in [0.1, 0.15) is 12.2 Å². The van der Waals surface area contributed by atoms with Crippen molar-refractivity contribution in [2.24, 2.45) is 5.92 Å². The highest BCUT2D eigenvalue weighted by atomic mass is 16.6. The van der Waals surface area contributed by atoms with Crippen LogP contribution in [0.4, 0.5) is 11.6 Å². The third-order valence-corrected chi connectivity index (χ3v) is 3.03. The zero-order valence-electron chi connectivity index (χ0n) is 11.9. The van der Waals surface area contributed by atoms with E-state index in [9.17, 15) is 14.9 Å². The van der Waals surface area contributed by atoms with E-state index in [1.54, 1.807) is 19.2 Å². The molecule has 2 rings (SSSR count).